The van der Waals surface area contributed by atoms with Crippen molar-refractivity contribution in [3.05, 3.63) is 63.1 Å². The van der Waals surface area contributed by atoms with Gasteiger partial charge in [0.15, 0.2) is 0 Å². The van der Waals surface area contributed by atoms with Crippen LogP contribution in [0.25, 0.3) is 0 Å². The molecule has 2 aromatic rings. The molecule has 0 heterocycles. The van der Waals surface area contributed by atoms with Crippen LogP contribution in [0.1, 0.15) is 26.3 Å². The highest BCUT2D eigenvalue weighted by molar-refractivity contribution is 14.1. The highest BCUT2D eigenvalue weighted by Gasteiger charge is 2.11. The van der Waals surface area contributed by atoms with Crippen molar-refractivity contribution < 1.29 is 19.4 Å². The Morgan fingerprint density at radius 3 is 2.17 bits per heavy atom. The number of ether oxygens (including phenoxy) is 1. The van der Waals surface area contributed by atoms with E-state index in [0.717, 1.165) is 21.6 Å². The van der Waals surface area contributed by atoms with Crippen molar-refractivity contribution in [2.75, 3.05) is 7.11 Å². The first-order chi connectivity index (χ1) is 11.2. The van der Waals surface area contributed by atoms with Crippen LogP contribution in [0.2, 0.25) is 0 Å². The predicted octanol–water partition coefficient (Wildman–Crippen LogP) is 5.90. The molecule has 0 aliphatic heterocycles. The van der Waals surface area contributed by atoms with Crippen LogP contribution < -0.4 is 0 Å². The molecule has 0 radical (unpaired) electrons. The molecule has 0 unspecified atom stereocenters. The summed E-state index contributed by atoms with van der Waals surface area (Å²) >= 11 is 10.8. The van der Waals surface area contributed by atoms with Gasteiger partial charge in [0, 0.05) is 16.1 Å². The van der Waals surface area contributed by atoms with Gasteiger partial charge >= 0.3 is 11.9 Å². The van der Waals surface area contributed by atoms with Crippen molar-refractivity contribution in [1.29, 1.82) is 0 Å². The van der Waals surface area contributed by atoms with Crippen LogP contribution in [-0.4, -0.2) is 24.2 Å². The lowest BCUT2D eigenvalue weighted by Crippen LogP contribution is -2.03. The standard InChI is InChI=1S/2C8H6BrIO2/c1-12-8(11)6-3-2-5(9)4-7(6)10;1-4-6(9)3-2-5(7(4)10)8(11)12/h2-4H,1H3;2-3H,1H3,(H,11,12). The number of halogens is 4. The van der Waals surface area contributed by atoms with Crippen LogP contribution in [0.4, 0.5) is 0 Å². The Kier molecular flexibility index (Phi) is 9.17. The first kappa shape index (κ1) is 21.8. The third-order valence-electron chi connectivity index (χ3n) is 2.89. The van der Waals surface area contributed by atoms with Crippen LogP contribution in [0, 0.1) is 14.1 Å². The zero-order valence-corrected chi connectivity index (χ0v) is 20.1. The minimum atomic E-state index is -0.880. The summed E-state index contributed by atoms with van der Waals surface area (Å²) in [5, 5.41) is 8.76. The lowest BCUT2D eigenvalue weighted by Gasteiger charge is -2.04. The summed E-state index contributed by atoms with van der Waals surface area (Å²) in [5.41, 5.74) is 1.92. The van der Waals surface area contributed by atoms with Crippen LogP contribution >= 0.6 is 77.0 Å². The Morgan fingerprint density at radius 1 is 1.08 bits per heavy atom. The van der Waals surface area contributed by atoms with Crippen molar-refractivity contribution in [2.24, 2.45) is 0 Å². The summed E-state index contributed by atoms with van der Waals surface area (Å²) in [6.07, 6.45) is 0. The van der Waals surface area contributed by atoms with Crippen molar-refractivity contribution >= 4 is 89.0 Å². The first-order valence-corrected chi connectivity index (χ1v) is 10.1. The van der Waals surface area contributed by atoms with Gasteiger partial charge in [-0.25, -0.2) is 9.59 Å². The lowest BCUT2D eigenvalue weighted by molar-refractivity contribution is 0.0598. The molecule has 8 heteroatoms. The Labute approximate surface area is 183 Å². The Morgan fingerprint density at radius 2 is 1.67 bits per heavy atom. The van der Waals surface area contributed by atoms with Gasteiger partial charge in [0.05, 0.1) is 18.2 Å². The highest BCUT2D eigenvalue weighted by atomic mass is 127. The molecule has 0 bridgehead atoms. The van der Waals surface area contributed by atoms with E-state index in [-0.39, 0.29) is 5.97 Å². The monoisotopic (exact) mass is 680 g/mol. The van der Waals surface area contributed by atoms with Gasteiger partial charge in [0.2, 0.25) is 0 Å². The molecule has 1 N–H and O–H groups in total. The fourth-order valence-electron chi connectivity index (χ4n) is 1.59. The number of carbonyl (C=O) groups excluding carboxylic acids is 1. The number of esters is 1. The van der Waals surface area contributed by atoms with Crippen LogP contribution in [0.5, 0.6) is 0 Å². The molecular weight excluding hydrogens is 670 g/mol. The average Bonchev–Trinajstić information content (AvgIpc) is 2.52. The molecular formula is C16H12Br2I2O4. The zero-order valence-electron chi connectivity index (χ0n) is 12.6. The molecule has 0 amide bonds. The second-order valence-electron chi connectivity index (χ2n) is 4.45. The van der Waals surface area contributed by atoms with Gasteiger partial charge in [0.1, 0.15) is 0 Å². The average molecular weight is 682 g/mol. The molecule has 0 fully saturated rings. The molecule has 2 rings (SSSR count). The number of carboxylic acid groups (broad SMARTS) is 1. The maximum Gasteiger partial charge on any atom is 0.338 e. The number of rotatable bonds is 2. The van der Waals surface area contributed by atoms with E-state index >= 15 is 0 Å². The van der Waals surface area contributed by atoms with E-state index in [1.54, 1.807) is 18.2 Å². The number of carboxylic acids is 1. The summed E-state index contributed by atoms with van der Waals surface area (Å²) in [5.74, 6) is -1.18. The molecule has 0 aromatic heterocycles. The molecule has 128 valence electrons. The summed E-state index contributed by atoms with van der Waals surface area (Å²) in [6, 6.07) is 8.76. The minimum absolute atomic E-state index is 0.299. The van der Waals surface area contributed by atoms with E-state index in [1.807, 2.05) is 41.6 Å². The summed E-state index contributed by atoms with van der Waals surface area (Å²) in [7, 11) is 1.38. The Balaban J connectivity index is 0.000000240. The number of carbonyl (C=O) groups is 2. The van der Waals surface area contributed by atoms with Crippen molar-refractivity contribution in [1.82, 2.24) is 0 Å². The molecule has 2 aromatic carbocycles. The third kappa shape index (κ3) is 5.95. The van der Waals surface area contributed by atoms with E-state index in [1.165, 1.54) is 7.11 Å². The molecule has 0 saturated heterocycles. The summed E-state index contributed by atoms with van der Waals surface area (Å²) in [6.45, 7) is 1.89. The molecule has 24 heavy (non-hydrogen) atoms. The Hall–Kier alpha value is -0.200. The van der Waals surface area contributed by atoms with Crippen LogP contribution in [0.15, 0.2) is 39.3 Å². The van der Waals surface area contributed by atoms with Gasteiger partial charge < -0.3 is 9.84 Å². The normalized spacial score (nSPS) is 9.75. The van der Waals surface area contributed by atoms with E-state index in [0.29, 0.717) is 11.1 Å². The minimum Gasteiger partial charge on any atom is -0.478 e. The Bertz CT molecular complexity index is 779. The van der Waals surface area contributed by atoms with Crippen molar-refractivity contribution in [3.63, 3.8) is 0 Å². The van der Waals surface area contributed by atoms with Gasteiger partial charge in [-0.1, -0.05) is 31.9 Å². The summed E-state index contributed by atoms with van der Waals surface area (Å²) < 4.78 is 8.17. The van der Waals surface area contributed by atoms with E-state index in [9.17, 15) is 9.59 Å². The third-order valence-corrected chi connectivity index (χ3v) is 6.52. The second-order valence-corrected chi connectivity index (χ2v) is 8.47. The molecule has 0 aliphatic carbocycles. The summed E-state index contributed by atoms with van der Waals surface area (Å²) in [4.78, 5) is 21.8. The van der Waals surface area contributed by atoms with Crippen LogP contribution in [-0.2, 0) is 4.74 Å². The quantitative estimate of drug-likeness (QED) is 0.317. The number of hydrogen-bond donors (Lipinski definition) is 1. The van der Waals surface area contributed by atoms with Gasteiger partial charge in [-0.3, -0.25) is 0 Å². The van der Waals surface area contributed by atoms with Gasteiger partial charge in [0.25, 0.3) is 0 Å². The molecule has 4 nitrogen and oxygen atoms in total. The maximum absolute atomic E-state index is 11.1. The fourth-order valence-corrected chi connectivity index (χ4v) is 4.52. The fraction of sp³-hybridized carbons (Fsp3) is 0.125. The molecule has 0 saturated carbocycles. The second kappa shape index (κ2) is 10.1. The molecule has 0 spiro atoms. The topological polar surface area (TPSA) is 63.6 Å². The van der Waals surface area contributed by atoms with E-state index in [4.69, 9.17) is 5.11 Å². The van der Waals surface area contributed by atoms with Crippen molar-refractivity contribution in [3.8, 4) is 0 Å². The largest absolute Gasteiger partial charge is 0.478 e. The van der Waals surface area contributed by atoms with E-state index in [2.05, 4.69) is 59.2 Å². The SMILES string of the molecule is COC(=O)c1ccc(Br)cc1I.Cc1c(Br)ccc(C(=O)O)c1I. The van der Waals surface area contributed by atoms with Gasteiger partial charge in [-0.15, -0.1) is 0 Å². The van der Waals surface area contributed by atoms with Gasteiger partial charge in [-0.2, -0.15) is 0 Å². The lowest BCUT2D eigenvalue weighted by atomic mass is 10.1. The molecule has 0 aliphatic rings. The number of methoxy groups -OCH3 is 1. The predicted molar refractivity (Wildman–Crippen MR) is 117 cm³/mol. The highest BCUT2D eigenvalue weighted by Crippen LogP contribution is 2.24. The maximum atomic E-state index is 11.1. The number of aromatic carboxylic acids is 1. The van der Waals surface area contributed by atoms with Crippen molar-refractivity contribution in [2.45, 2.75) is 6.92 Å². The van der Waals surface area contributed by atoms with Gasteiger partial charge in [-0.05, 0) is 88.0 Å². The van der Waals surface area contributed by atoms with Crippen LogP contribution in [0.3, 0.4) is 0 Å². The smallest absolute Gasteiger partial charge is 0.338 e. The number of benzene rings is 2. The van der Waals surface area contributed by atoms with E-state index < -0.39 is 5.97 Å². The first-order valence-electron chi connectivity index (χ1n) is 6.40. The number of hydrogen-bond acceptors (Lipinski definition) is 3. The zero-order chi connectivity index (χ0) is 18.4. The molecule has 0 atom stereocenters.